The summed E-state index contributed by atoms with van der Waals surface area (Å²) in [6.07, 6.45) is 86.3. The van der Waals surface area contributed by atoms with Gasteiger partial charge in [0.2, 0.25) is 0 Å². The summed E-state index contributed by atoms with van der Waals surface area (Å²) in [5.41, 5.74) is 0. The Balaban J connectivity index is 4.25. The number of unbranched alkanes of at least 4 members (excludes halogenated alkanes) is 24. The first-order valence-electron chi connectivity index (χ1n) is 31.0. The predicted octanol–water partition coefficient (Wildman–Crippen LogP) is 21.2. The smallest absolute Gasteiger partial charge is 0.306 e. The van der Waals surface area contributed by atoms with Crippen molar-refractivity contribution < 1.29 is 28.6 Å². The molecule has 426 valence electrons. The Kier molecular flexibility index (Phi) is 58.9. The molecule has 0 aromatic rings. The second-order valence-corrected chi connectivity index (χ2v) is 20.2. The van der Waals surface area contributed by atoms with E-state index in [1.807, 2.05) is 0 Å². The van der Waals surface area contributed by atoms with E-state index in [-0.39, 0.29) is 31.1 Å². The van der Waals surface area contributed by atoms with E-state index in [0.717, 1.165) is 148 Å². The molecule has 0 bridgehead atoms. The van der Waals surface area contributed by atoms with Gasteiger partial charge in [-0.25, -0.2) is 0 Å². The Morgan fingerprint density at radius 1 is 0.280 bits per heavy atom. The molecule has 1 unspecified atom stereocenters. The van der Waals surface area contributed by atoms with Gasteiger partial charge in [0.25, 0.3) is 0 Å². The number of hydrogen-bond donors (Lipinski definition) is 0. The van der Waals surface area contributed by atoms with Crippen molar-refractivity contribution in [3.05, 3.63) is 122 Å². The van der Waals surface area contributed by atoms with Crippen LogP contribution in [0.15, 0.2) is 122 Å². The molecule has 0 saturated carbocycles. The highest BCUT2D eigenvalue weighted by atomic mass is 16.6. The Hall–Kier alpha value is -4.19. The lowest BCUT2D eigenvalue weighted by Gasteiger charge is -2.18. The molecule has 0 N–H and O–H groups in total. The first-order chi connectivity index (χ1) is 37.0. The highest BCUT2D eigenvalue weighted by molar-refractivity contribution is 5.71. The lowest BCUT2D eigenvalue weighted by molar-refractivity contribution is -0.167. The van der Waals surface area contributed by atoms with Gasteiger partial charge in [0, 0.05) is 19.3 Å². The van der Waals surface area contributed by atoms with Crippen LogP contribution in [-0.2, 0) is 28.6 Å². The van der Waals surface area contributed by atoms with Crippen LogP contribution in [0.4, 0.5) is 0 Å². The SMILES string of the molecule is CC/C=C\C/C=C\C/C=C\C/C=C\C/C=C\C/C=C\C/C=C\CCCCCCCCCCCC(=O)OCC(COC(=O)CCCCCCCCCCCCC)OC(=O)CCCCCCC/C=C\C/C=C\C/C=C\CC. The number of carbonyl (C=O) groups excluding carboxylic acids is 3. The molecule has 0 aliphatic carbocycles. The summed E-state index contributed by atoms with van der Waals surface area (Å²) in [5, 5.41) is 0. The second-order valence-electron chi connectivity index (χ2n) is 20.2. The molecule has 0 amide bonds. The van der Waals surface area contributed by atoms with Crippen molar-refractivity contribution >= 4 is 17.9 Å². The van der Waals surface area contributed by atoms with Gasteiger partial charge in [-0.15, -0.1) is 0 Å². The molecule has 6 nitrogen and oxygen atoms in total. The van der Waals surface area contributed by atoms with Gasteiger partial charge in [-0.3, -0.25) is 14.4 Å². The van der Waals surface area contributed by atoms with Crippen molar-refractivity contribution in [2.75, 3.05) is 13.2 Å². The van der Waals surface area contributed by atoms with Gasteiger partial charge in [0.05, 0.1) is 0 Å². The van der Waals surface area contributed by atoms with Gasteiger partial charge in [0.1, 0.15) is 13.2 Å². The van der Waals surface area contributed by atoms with Crippen molar-refractivity contribution in [3.63, 3.8) is 0 Å². The van der Waals surface area contributed by atoms with Gasteiger partial charge < -0.3 is 14.2 Å². The minimum atomic E-state index is -0.790. The average molecular weight is 1040 g/mol. The van der Waals surface area contributed by atoms with E-state index in [2.05, 4.69) is 142 Å². The first-order valence-corrected chi connectivity index (χ1v) is 31.0. The van der Waals surface area contributed by atoms with Gasteiger partial charge in [0.15, 0.2) is 6.10 Å². The molecule has 0 aromatic carbocycles. The topological polar surface area (TPSA) is 78.9 Å². The summed E-state index contributed by atoms with van der Waals surface area (Å²) in [6, 6.07) is 0. The van der Waals surface area contributed by atoms with Crippen LogP contribution < -0.4 is 0 Å². The van der Waals surface area contributed by atoms with E-state index in [9.17, 15) is 14.4 Å². The van der Waals surface area contributed by atoms with Crippen LogP contribution in [0.2, 0.25) is 0 Å². The predicted molar refractivity (Wildman–Crippen MR) is 325 cm³/mol. The molecule has 0 rings (SSSR count). The van der Waals surface area contributed by atoms with Crippen molar-refractivity contribution in [1.82, 2.24) is 0 Å². The lowest BCUT2D eigenvalue weighted by Crippen LogP contribution is -2.30. The normalized spacial score (nSPS) is 12.9. The molecule has 0 aromatic heterocycles. The van der Waals surface area contributed by atoms with E-state index in [0.29, 0.717) is 19.3 Å². The largest absolute Gasteiger partial charge is 0.462 e. The zero-order valence-corrected chi connectivity index (χ0v) is 48.8. The molecule has 0 radical (unpaired) electrons. The molecule has 0 fully saturated rings. The minimum Gasteiger partial charge on any atom is -0.462 e. The Labute approximate surface area is 462 Å². The van der Waals surface area contributed by atoms with Gasteiger partial charge in [-0.2, -0.15) is 0 Å². The standard InChI is InChI=1S/C69H114O6/c1-4-7-10-13-16-19-22-24-26-27-28-29-30-31-32-33-34-35-36-37-38-39-40-41-43-44-47-50-53-56-59-62-68(71)74-65-66(64-73-67(70)61-58-55-52-49-46-21-18-15-12-9-6-3)75-69(72)63-60-57-54-51-48-45-42-25-23-20-17-14-11-8-5-2/h7-8,10-11,16-17,19-20,24-26,28-29,31-32,34-35,37-38,42,66H,4-6,9,12-15,18,21-23,27,30,33,36,39-41,43-65H2,1-3H3/b10-7-,11-8-,19-16-,20-17-,26-24-,29-28-,32-31-,35-34-,38-37-,42-25-. The summed E-state index contributed by atoms with van der Waals surface area (Å²) in [6.45, 7) is 6.39. The fourth-order valence-electron chi connectivity index (χ4n) is 8.38. The molecule has 0 spiro atoms. The van der Waals surface area contributed by atoms with E-state index in [4.69, 9.17) is 14.2 Å². The van der Waals surface area contributed by atoms with E-state index in [1.165, 1.54) is 89.9 Å². The average Bonchev–Trinajstić information content (AvgIpc) is 3.41. The fraction of sp³-hybridized carbons (Fsp3) is 0.667. The van der Waals surface area contributed by atoms with Crippen molar-refractivity contribution in [2.24, 2.45) is 0 Å². The number of ether oxygens (including phenoxy) is 3. The van der Waals surface area contributed by atoms with Crippen molar-refractivity contribution in [3.8, 4) is 0 Å². The van der Waals surface area contributed by atoms with E-state index in [1.54, 1.807) is 0 Å². The molecule has 0 heterocycles. The molecule has 0 saturated heterocycles. The number of allylic oxidation sites excluding steroid dienone is 20. The second kappa shape index (κ2) is 62.4. The summed E-state index contributed by atoms with van der Waals surface area (Å²) in [4.78, 5) is 38.2. The highest BCUT2D eigenvalue weighted by Gasteiger charge is 2.19. The zero-order valence-electron chi connectivity index (χ0n) is 48.8. The van der Waals surface area contributed by atoms with Crippen molar-refractivity contribution in [1.29, 1.82) is 0 Å². The summed E-state index contributed by atoms with van der Waals surface area (Å²) in [7, 11) is 0. The molecule has 6 heteroatoms. The number of hydrogen-bond acceptors (Lipinski definition) is 6. The third kappa shape index (κ3) is 60.6. The van der Waals surface area contributed by atoms with E-state index >= 15 is 0 Å². The van der Waals surface area contributed by atoms with Gasteiger partial charge in [-0.1, -0.05) is 271 Å². The van der Waals surface area contributed by atoms with Gasteiger partial charge >= 0.3 is 17.9 Å². The summed E-state index contributed by atoms with van der Waals surface area (Å²) >= 11 is 0. The molecule has 0 aliphatic heterocycles. The summed E-state index contributed by atoms with van der Waals surface area (Å²) in [5.74, 6) is -0.908. The number of rotatable bonds is 55. The quantitative estimate of drug-likeness (QED) is 0.0261. The van der Waals surface area contributed by atoms with Crippen LogP contribution in [-0.4, -0.2) is 37.2 Å². The zero-order chi connectivity index (χ0) is 54.3. The Morgan fingerprint density at radius 3 is 0.813 bits per heavy atom. The van der Waals surface area contributed by atoms with Gasteiger partial charge in [-0.05, 0) is 109 Å². The number of esters is 3. The lowest BCUT2D eigenvalue weighted by atomic mass is 10.1. The third-order valence-corrected chi connectivity index (χ3v) is 13.0. The van der Waals surface area contributed by atoms with Crippen LogP contribution in [0, 0.1) is 0 Å². The van der Waals surface area contributed by atoms with Crippen molar-refractivity contribution in [2.45, 2.75) is 284 Å². The van der Waals surface area contributed by atoms with Crippen LogP contribution in [0.25, 0.3) is 0 Å². The van der Waals surface area contributed by atoms with E-state index < -0.39 is 6.10 Å². The monoisotopic (exact) mass is 1040 g/mol. The molecular weight excluding hydrogens is 925 g/mol. The molecule has 75 heavy (non-hydrogen) atoms. The highest BCUT2D eigenvalue weighted by Crippen LogP contribution is 2.15. The maximum atomic E-state index is 12.8. The Morgan fingerprint density at radius 2 is 0.520 bits per heavy atom. The maximum Gasteiger partial charge on any atom is 0.306 e. The Bertz CT molecular complexity index is 1570. The molecule has 1 atom stereocenters. The van der Waals surface area contributed by atoms with Crippen LogP contribution >= 0.6 is 0 Å². The third-order valence-electron chi connectivity index (χ3n) is 13.0. The molecule has 0 aliphatic rings. The number of carbonyl (C=O) groups is 3. The van der Waals surface area contributed by atoms with Crippen LogP contribution in [0.1, 0.15) is 278 Å². The first kappa shape index (κ1) is 70.8. The van der Waals surface area contributed by atoms with Crippen LogP contribution in [0.5, 0.6) is 0 Å². The summed E-state index contributed by atoms with van der Waals surface area (Å²) < 4.78 is 16.9. The molecular formula is C69H114O6. The van der Waals surface area contributed by atoms with Crippen LogP contribution in [0.3, 0.4) is 0 Å². The fourth-order valence-corrected chi connectivity index (χ4v) is 8.38. The maximum absolute atomic E-state index is 12.8. The minimum absolute atomic E-state index is 0.0864.